The molecule has 6 nitrogen and oxygen atoms in total. The average Bonchev–Trinajstić information content (AvgIpc) is 3.09. The van der Waals surface area contributed by atoms with Crippen LogP contribution in [0.15, 0.2) is 35.2 Å². The van der Waals surface area contributed by atoms with Crippen LogP contribution in [0.3, 0.4) is 0 Å². The molecule has 0 spiro atoms. The molecule has 2 atom stereocenters. The summed E-state index contributed by atoms with van der Waals surface area (Å²) in [7, 11) is -3.53. The Morgan fingerprint density at radius 1 is 1.17 bits per heavy atom. The molecule has 1 amide bonds. The molecule has 128 valence electrons. The monoisotopic (exact) mass is 359 g/mol. The molecule has 2 aliphatic heterocycles. The minimum atomic E-state index is -3.53. The third kappa shape index (κ3) is 4.23. The Kier molecular flexibility index (Phi) is 6.02. The van der Waals surface area contributed by atoms with Crippen LogP contribution in [0, 0.1) is 11.8 Å². The molecular formula is C15H22ClN3O3S. The number of benzene rings is 1. The molecule has 8 heteroatoms. The standard InChI is InChI=1S/C15H21N3O3S.ClH/c19-15(18-10-12-8-16-9-13(12)11-18)6-7-17-22(20,21)14-4-2-1-3-5-14;/h1-5,12-13,16-17H,6-11H2;1H/t12-,13+;. The number of amides is 1. The molecule has 0 unspecified atom stereocenters. The summed E-state index contributed by atoms with van der Waals surface area (Å²) in [6.07, 6.45) is 0.207. The van der Waals surface area contributed by atoms with Gasteiger partial charge in [0.25, 0.3) is 0 Å². The lowest BCUT2D eigenvalue weighted by Crippen LogP contribution is -2.35. The van der Waals surface area contributed by atoms with Crippen molar-refractivity contribution in [1.82, 2.24) is 14.9 Å². The van der Waals surface area contributed by atoms with Crippen molar-refractivity contribution in [2.24, 2.45) is 11.8 Å². The Labute approximate surface area is 143 Å². The van der Waals surface area contributed by atoms with Gasteiger partial charge in [-0.05, 0) is 24.0 Å². The lowest BCUT2D eigenvalue weighted by molar-refractivity contribution is -0.130. The van der Waals surface area contributed by atoms with Crippen molar-refractivity contribution in [3.63, 3.8) is 0 Å². The van der Waals surface area contributed by atoms with E-state index in [4.69, 9.17) is 0 Å². The summed E-state index contributed by atoms with van der Waals surface area (Å²) in [4.78, 5) is 14.3. The second-order valence-electron chi connectivity index (χ2n) is 5.94. The normalized spacial score (nSPS) is 23.4. The quantitative estimate of drug-likeness (QED) is 0.800. The van der Waals surface area contributed by atoms with Crippen LogP contribution in [-0.2, 0) is 14.8 Å². The van der Waals surface area contributed by atoms with E-state index in [1.807, 2.05) is 4.90 Å². The average molecular weight is 360 g/mol. The first-order chi connectivity index (χ1) is 10.6. The van der Waals surface area contributed by atoms with E-state index in [0.717, 1.165) is 26.2 Å². The molecule has 0 radical (unpaired) electrons. The van der Waals surface area contributed by atoms with Crippen LogP contribution in [0.2, 0.25) is 0 Å². The van der Waals surface area contributed by atoms with Gasteiger partial charge in [-0.15, -0.1) is 12.4 Å². The maximum Gasteiger partial charge on any atom is 0.240 e. The Bertz CT molecular complexity index is 627. The Morgan fingerprint density at radius 2 is 1.78 bits per heavy atom. The van der Waals surface area contributed by atoms with Crippen LogP contribution < -0.4 is 10.0 Å². The lowest BCUT2D eigenvalue weighted by atomic mass is 10.0. The van der Waals surface area contributed by atoms with Crippen molar-refractivity contribution < 1.29 is 13.2 Å². The van der Waals surface area contributed by atoms with Crippen LogP contribution in [0.1, 0.15) is 6.42 Å². The third-order valence-electron chi connectivity index (χ3n) is 4.43. The molecule has 2 fully saturated rings. The number of nitrogens with zero attached hydrogens (tertiary/aromatic N) is 1. The lowest BCUT2D eigenvalue weighted by Gasteiger charge is -2.17. The predicted octanol–water partition coefficient (Wildman–Crippen LogP) is 0.455. The number of carbonyl (C=O) groups excluding carboxylic acids is 1. The van der Waals surface area contributed by atoms with Gasteiger partial charge in [-0.3, -0.25) is 4.79 Å². The molecule has 0 saturated carbocycles. The van der Waals surface area contributed by atoms with E-state index < -0.39 is 10.0 Å². The summed E-state index contributed by atoms with van der Waals surface area (Å²) in [5.74, 6) is 1.15. The molecular weight excluding hydrogens is 338 g/mol. The maximum absolute atomic E-state index is 12.2. The van der Waals surface area contributed by atoms with E-state index in [1.165, 1.54) is 0 Å². The first-order valence-electron chi connectivity index (χ1n) is 7.59. The molecule has 2 saturated heterocycles. The minimum absolute atomic E-state index is 0. The molecule has 23 heavy (non-hydrogen) atoms. The second kappa shape index (κ2) is 7.61. The summed E-state index contributed by atoms with van der Waals surface area (Å²) in [5, 5.41) is 3.34. The van der Waals surface area contributed by atoms with Crippen LogP contribution >= 0.6 is 12.4 Å². The van der Waals surface area contributed by atoms with Gasteiger partial charge in [0.2, 0.25) is 15.9 Å². The Morgan fingerprint density at radius 3 is 2.39 bits per heavy atom. The molecule has 1 aromatic carbocycles. The van der Waals surface area contributed by atoms with Gasteiger partial charge in [0.15, 0.2) is 0 Å². The SMILES string of the molecule is Cl.O=C(CCNS(=O)(=O)c1ccccc1)N1C[C@H]2CNC[C@H]2C1. The Hall–Kier alpha value is -1.15. The number of sulfonamides is 1. The topological polar surface area (TPSA) is 78.5 Å². The number of halogens is 1. The zero-order valence-corrected chi connectivity index (χ0v) is 14.4. The van der Waals surface area contributed by atoms with Gasteiger partial charge in [-0.25, -0.2) is 13.1 Å². The van der Waals surface area contributed by atoms with Crippen molar-refractivity contribution >= 4 is 28.3 Å². The summed E-state index contributed by atoms with van der Waals surface area (Å²) in [5.41, 5.74) is 0. The second-order valence-corrected chi connectivity index (χ2v) is 7.70. The van der Waals surface area contributed by atoms with Gasteiger partial charge in [0, 0.05) is 39.1 Å². The first-order valence-corrected chi connectivity index (χ1v) is 9.08. The van der Waals surface area contributed by atoms with E-state index in [9.17, 15) is 13.2 Å². The highest BCUT2D eigenvalue weighted by molar-refractivity contribution is 7.89. The highest BCUT2D eigenvalue weighted by atomic mass is 35.5. The number of fused-ring (bicyclic) bond motifs is 1. The van der Waals surface area contributed by atoms with Gasteiger partial charge in [0.05, 0.1) is 4.90 Å². The van der Waals surface area contributed by atoms with E-state index in [0.29, 0.717) is 11.8 Å². The summed E-state index contributed by atoms with van der Waals surface area (Å²) in [6, 6.07) is 8.20. The molecule has 2 heterocycles. The van der Waals surface area contributed by atoms with E-state index in [1.54, 1.807) is 30.3 Å². The number of likely N-dealkylation sites (tertiary alicyclic amines) is 1. The summed E-state index contributed by atoms with van der Waals surface area (Å²) >= 11 is 0. The van der Waals surface area contributed by atoms with Crippen molar-refractivity contribution in [3.8, 4) is 0 Å². The van der Waals surface area contributed by atoms with Crippen molar-refractivity contribution in [3.05, 3.63) is 30.3 Å². The number of nitrogens with one attached hydrogen (secondary N) is 2. The third-order valence-corrected chi connectivity index (χ3v) is 5.90. The van der Waals surface area contributed by atoms with Gasteiger partial charge < -0.3 is 10.2 Å². The van der Waals surface area contributed by atoms with Gasteiger partial charge in [-0.1, -0.05) is 18.2 Å². The van der Waals surface area contributed by atoms with Gasteiger partial charge >= 0.3 is 0 Å². The molecule has 1 aromatic rings. The number of hydrogen-bond acceptors (Lipinski definition) is 4. The zero-order chi connectivity index (χ0) is 15.6. The van der Waals surface area contributed by atoms with Crippen LogP contribution in [0.5, 0.6) is 0 Å². The highest BCUT2D eigenvalue weighted by Gasteiger charge is 2.37. The van der Waals surface area contributed by atoms with Gasteiger partial charge in [0.1, 0.15) is 0 Å². The molecule has 0 aromatic heterocycles. The maximum atomic E-state index is 12.2. The first kappa shape index (κ1) is 18.2. The molecule has 3 rings (SSSR count). The molecule has 0 bridgehead atoms. The molecule has 2 aliphatic rings. The highest BCUT2D eigenvalue weighted by Crippen LogP contribution is 2.26. The number of rotatable bonds is 5. The fourth-order valence-corrected chi connectivity index (χ4v) is 4.25. The summed E-state index contributed by atoms with van der Waals surface area (Å²) < 4.78 is 26.6. The zero-order valence-electron chi connectivity index (χ0n) is 12.8. The summed E-state index contributed by atoms with van der Waals surface area (Å²) in [6.45, 7) is 3.69. The minimum Gasteiger partial charge on any atom is -0.342 e. The fraction of sp³-hybridized carbons (Fsp3) is 0.533. The fourth-order valence-electron chi connectivity index (χ4n) is 3.19. The van der Waals surface area contributed by atoms with E-state index in [2.05, 4.69) is 10.0 Å². The van der Waals surface area contributed by atoms with Crippen LogP contribution in [0.4, 0.5) is 0 Å². The molecule has 0 aliphatic carbocycles. The van der Waals surface area contributed by atoms with Crippen molar-refractivity contribution in [2.45, 2.75) is 11.3 Å². The predicted molar refractivity (Wildman–Crippen MR) is 89.9 cm³/mol. The number of hydrogen-bond donors (Lipinski definition) is 2. The number of carbonyl (C=O) groups is 1. The smallest absolute Gasteiger partial charge is 0.240 e. The molecule has 2 N–H and O–H groups in total. The van der Waals surface area contributed by atoms with E-state index >= 15 is 0 Å². The van der Waals surface area contributed by atoms with Crippen LogP contribution in [0.25, 0.3) is 0 Å². The van der Waals surface area contributed by atoms with Crippen molar-refractivity contribution in [1.29, 1.82) is 0 Å². The Balaban J connectivity index is 0.00000192. The van der Waals surface area contributed by atoms with Gasteiger partial charge in [-0.2, -0.15) is 0 Å². The van der Waals surface area contributed by atoms with E-state index in [-0.39, 0.29) is 36.2 Å². The van der Waals surface area contributed by atoms with Crippen LogP contribution in [-0.4, -0.2) is 51.9 Å². The largest absolute Gasteiger partial charge is 0.342 e. The van der Waals surface area contributed by atoms with Crippen molar-refractivity contribution in [2.75, 3.05) is 32.7 Å².